The third kappa shape index (κ3) is 4.11. The van der Waals surface area contributed by atoms with Crippen LogP contribution in [-0.4, -0.2) is 44.8 Å². The maximum Gasteiger partial charge on any atom is 0.123 e. The van der Waals surface area contributed by atoms with E-state index in [0.717, 1.165) is 37.2 Å². The minimum atomic E-state index is 0.264. The van der Waals surface area contributed by atoms with Gasteiger partial charge in [0.2, 0.25) is 0 Å². The fraction of sp³-hybridized carbons (Fsp3) is 0.647. The van der Waals surface area contributed by atoms with E-state index in [2.05, 4.69) is 30.1 Å². The maximum absolute atomic E-state index is 5.55. The number of ether oxygens (including phenoxy) is 2. The average molecular weight is 292 g/mol. The van der Waals surface area contributed by atoms with Crippen LogP contribution in [0.15, 0.2) is 18.2 Å². The normalized spacial score (nSPS) is 16.0. The summed E-state index contributed by atoms with van der Waals surface area (Å²) < 4.78 is 10.9. The van der Waals surface area contributed by atoms with Crippen LogP contribution in [0.25, 0.3) is 0 Å². The van der Waals surface area contributed by atoms with Gasteiger partial charge >= 0.3 is 0 Å². The van der Waals surface area contributed by atoms with Crippen LogP contribution in [0.3, 0.4) is 0 Å². The quantitative estimate of drug-likeness (QED) is 0.759. The lowest BCUT2D eigenvalue weighted by Gasteiger charge is -2.28. The summed E-state index contributed by atoms with van der Waals surface area (Å²) in [5.41, 5.74) is 1.18. The van der Waals surface area contributed by atoms with Gasteiger partial charge in [-0.1, -0.05) is 13.8 Å². The minimum Gasteiger partial charge on any atom is -0.497 e. The molecule has 1 N–H and O–H groups in total. The summed E-state index contributed by atoms with van der Waals surface area (Å²) in [5, 5.41) is 3.60. The Kier molecular flexibility index (Phi) is 5.88. The van der Waals surface area contributed by atoms with Crippen molar-refractivity contribution in [2.24, 2.45) is 0 Å². The van der Waals surface area contributed by atoms with Crippen LogP contribution in [0.4, 0.5) is 0 Å². The smallest absolute Gasteiger partial charge is 0.123 e. The van der Waals surface area contributed by atoms with Crippen molar-refractivity contribution in [2.45, 2.75) is 38.8 Å². The number of hydrogen-bond acceptors (Lipinski definition) is 4. The van der Waals surface area contributed by atoms with E-state index in [1.54, 1.807) is 14.2 Å². The van der Waals surface area contributed by atoms with Crippen LogP contribution in [0, 0.1) is 0 Å². The first-order valence-electron chi connectivity index (χ1n) is 7.92. The van der Waals surface area contributed by atoms with Crippen molar-refractivity contribution in [3.63, 3.8) is 0 Å². The molecule has 21 heavy (non-hydrogen) atoms. The number of benzene rings is 1. The molecule has 0 aromatic heterocycles. The molecule has 0 radical (unpaired) electrons. The second-order valence-corrected chi connectivity index (χ2v) is 5.54. The molecule has 1 saturated carbocycles. The fourth-order valence-corrected chi connectivity index (χ4v) is 2.84. The lowest BCUT2D eigenvalue weighted by Crippen LogP contribution is -2.36. The zero-order chi connectivity index (χ0) is 15.2. The van der Waals surface area contributed by atoms with E-state index >= 15 is 0 Å². The molecule has 1 aromatic rings. The average Bonchev–Trinajstić information content (AvgIpc) is 3.35. The topological polar surface area (TPSA) is 33.7 Å². The minimum absolute atomic E-state index is 0.264. The number of methoxy groups -OCH3 is 2. The zero-order valence-electron chi connectivity index (χ0n) is 13.7. The van der Waals surface area contributed by atoms with Gasteiger partial charge in [-0.15, -0.1) is 0 Å². The number of hydrogen-bond donors (Lipinski definition) is 1. The van der Waals surface area contributed by atoms with Crippen LogP contribution in [-0.2, 0) is 0 Å². The van der Waals surface area contributed by atoms with Gasteiger partial charge in [-0.2, -0.15) is 0 Å². The van der Waals surface area contributed by atoms with Crippen LogP contribution in [0.2, 0.25) is 0 Å². The first-order valence-corrected chi connectivity index (χ1v) is 7.92. The lowest BCUT2D eigenvalue weighted by molar-refractivity contribution is 0.242. The van der Waals surface area contributed by atoms with Crippen molar-refractivity contribution < 1.29 is 9.47 Å². The highest BCUT2D eigenvalue weighted by molar-refractivity contribution is 5.42. The molecule has 1 atom stereocenters. The molecule has 1 aliphatic rings. The predicted octanol–water partition coefficient (Wildman–Crippen LogP) is 2.84. The second-order valence-electron chi connectivity index (χ2n) is 5.54. The largest absolute Gasteiger partial charge is 0.497 e. The van der Waals surface area contributed by atoms with Crippen molar-refractivity contribution in [3.8, 4) is 11.5 Å². The highest BCUT2D eigenvalue weighted by atomic mass is 16.5. The van der Waals surface area contributed by atoms with E-state index in [-0.39, 0.29) is 6.04 Å². The van der Waals surface area contributed by atoms with Gasteiger partial charge in [0.25, 0.3) is 0 Å². The van der Waals surface area contributed by atoms with E-state index in [0.29, 0.717) is 0 Å². The van der Waals surface area contributed by atoms with E-state index in [4.69, 9.17) is 9.47 Å². The predicted molar refractivity (Wildman–Crippen MR) is 86.2 cm³/mol. The van der Waals surface area contributed by atoms with Crippen LogP contribution < -0.4 is 14.8 Å². The molecular weight excluding hydrogens is 264 g/mol. The van der Waals surface area contributed by atoms with E-state index in [1.165, 1.54) is 18.4 Å². The van der Waals surface area contributed by atoms with E-state index < -0.39 is 0 Å². The SMILES string of the molecule is CCNC(CN(CC)C1CC1)c1cc(OC)ccc1OC. The first kappa shape index (κ1) is 16.1. The van der Waals surface area contributed by atoms with Crippen LogP contribution >= 0.6 is 0 Å². The van der Waals surface area contributed by atoms with Gasteiger partial charge in [0.05, 0.1) is 14.2 Å². The summed E-state index contributed by atoms with van der Waals surface area (Å²) in [5.74, 6) is 1.80. The highest BCUT2D eigenvalue weighted by Crippen LogP contribution is 2.33. The summed E-state index contributed by atoms with van der Waals surface area (Å²) >= 11 is 0. The monoisotopic (exact) mass is 292 g/mol. The molecule has 0 heterocycles. The molecule has 0 spiro atoms. The summed E-state index contributed by atoms with van der Waals surface area (Å²) in [6.45, 7) is 7.43. The Morgan fingerprint density at radius 1 is 1.24 bits per heavy atom. The molecule has 0 bridgehead atoms. The molecule has 4 heteroatoms. The standard InChI is InChI=1S/C17H28N2O2/c1-5-18-16(12-19(6-2)13-7-8-13)15-11-14(20-3)9-10-17(15)21-4/h9-11,13,16,18H,5-8,12H2,1-4H3. The molecule has 0 saturated heterocycles. The van der Waals surface area contributed by atoms with Gasteiger partial charge in [0.15, 0.2) is 0 Å². The van der Waals surface area contributed by atoms with Gasteiger partial charge in [0, 0.05) is 24.2 Å². The Hall–Kier alpha value is -1.26. The molecule has 0 amide bonds. The number of nitrogens with one attached hydrogen (secondary N) is 1. The summed E-state index contributed by atoms with van der Waals surface area (Å²) in [7, 11) is 3.43. The number of rotatable bonds is 9. The Balaban J connectivity index is 2.22. The maximum atomic E-state index is 5.55. The molecule has 1 unspecified atom stereocenters. The Bertz CT molecular complexity index is 446. The third-order valence-electron chi connectivity index (χ3n) is 4.15. The zero-order valence-corrected chi connectivity index (χ0v) is 13.7. The first-order chi connectivity index (χ1) is 10.2. The van der Waals surface area contributed by atoms with Crippen molar-refractivity contribution in [1.82, 2.24) is 10.2 Å². The molecular formula is C17H28N2O2. The van der Waals surface area contributed by atoms with Gasteiger partial charge in [0.1, 0.15) is 11.5 Å². The third-order valence-corrected chi connectivity index (χ3v) is 4.15. The molecule has 4 nitrogen and oxygen atoms in total. The van der Waals surface area contributed by atoms with Crippen LogP contribution in [0.5, 0.6) is 11.5 Å². The Morgan fingerprint density at radius 2 is 2.00 bits per heavy atom. The molecule has 0 aliphatic heterocycles. The highest BCUT2D eigenvalue weighted by Gasteiger charge is 2.30. The summed E-state index contributed by atoms with van der Waals surface area (Å²) in [6, 6.07) is 7.07. The summed E-state index contributed by atoms with van der Waals surface area (Å²) in [6.07, 6.45) is 2.67. The molecule has 2 rings (SSSR count). The Labute approximate surface area is 128 Å². The number of likely N-dealkylation sites (N-methyl/N-ethyl adjacent to an activating group) is 2. The van der Waals surface area contributed by atoms with Crippen molar-refractivity contribution >= 4 is 0 Å². The van der Waals surface area contributed by atoms with Crippen molar-refractivity contribution in [1.29, 1.82) is 0 Å². The van der Waals surface area contributed by atoms with Gasteiger partial charge in [-0.25, -0.2) is 0 Å². The van der Waals surface area contributed by atoms with Gasteiger partial charge in [-0.3, -0.25) is 4.90 Å². The van der Waals surface area contributed by atoms with E-state index in [9.17, 15) is 0 Å². The molecule has 1 fully saturated rings. The molecule has 118 valence electrons. The van der Waals surface area contributed by atoms with Gasteiger partial charge < -0.3 is 14.8 Å². The van der Waals surface area contributed by atoms with Gasteiger partial charge in [-0.05, 0) is 44.1 Å². The van der Waals surface area contributed by atoms with Crippen molar-refractivity contribution in [3.05, 3.63) is 23.8 Å². The van der Waals surface area contributed by atoms with E-state index in [1.807, 2.05) is 12.1 Å². The molecule has 1 aromatic carbocycles. The lowest BCUT2D eigenvalue weighted by atomic mass is 10.0. The van der Waals surface area contributed by atoms with Crippen LogP contribution in [0.1, 0.15) is 38.3 Å². The van der Waals surface area contributed by atoms with Crippen molar-refractivity contribution in [2.75, 3.05) is 33.9 Å². The molecule has 1 aliphatic carbocycles. The Morgan fingerprint density at radius 3 is 2.52 bits per heavy atom. The fourth-order valence-electron chi connectivity index (χ4n) is 2.84. The number of nitrogens with zero attached hydrogens (tertiary/aromatic N) is 1. The second kappa shape index (κ2) is 7.66. The summed E-state index contributed by atoms with van der Waals surface area (Å²) in [4.78, 5) is 2.56.